The van der Waals surface area contributed by atoms with E-state index >= 15 is 0 Å². The Labute approximate surface area is 339 Å². The van der Waals surface area contributed by atoms with Crippen molar-refractivity contribution in [3.8, 4) is 0 Å². The lowest BCUT2D eigenvalue weighted by Crippen LogP contribution is -2.60. The quantitative estimate of drug-likeness (QED) is 0.0203. The first-order valence-corrected chi connectivity index (χ1v) is 23.1. The summed E-state index contributed by atoms with van der Waals surface area (Å²) in [6.07, 6.45) is 30.3. The van der Waals surface area contributed by atoms with Crippen LogP contribution >= 0.6 is 0 Å². The van der Waals surface area contributed by atoms with Gasteiger partial charge < -0.3 is 34.3 Å². The summed E-state index contributed by atoms with van der Waals surface area (Å²) in [5.74, 6) is -0.416. The molecule has 4 N–H and O–H groups in total. The van der Waals surface area contributed by atoms with Crippen molar-refractivity contribution in [2.24, 2.45) is 0 Å². The van der Waals surface area contributed by atoms with Crippen LogP contribution in [0.1, 0.15) is 168 Å². The number of aliphatic hydroxyl groups excluding tert-OH is 3. The third-order valence-electron chi connectivity index (χ3n) is 9.73. The highest BCUT2D eigenvalue weighted by Gasteiger charge is 2.48. The van der Waals surface area contributed by atoms with Gasteiger partial charge >= 0.3 is 16.4 Å². The van der Waals surface area contributed by atoms with Crippen LogP contribution in [0.4, 0.5) is 0 Å². The van der Waals surface area contributed by atoms with E-state index in [1.807, 2.05) is 0 Å². The Morgan fingerprint density at radius 1 is 0.679 bits per heavy atom. The number of hydrogen-bond acceptors (Lipinski definition) is 11. The highest BCUT2D eigenvalue weighted by molar-refractivity contribution is 7.80. The Bertz CT molecular complexity index is 1130. The molecule has 13 heteroatoms. The first-order valence-electron chi connectivity index (χ1n) is 21.7. The van der Waals surface area contributed by atoms with Crippen molar-refractivity contribution >= 4 is 16.4 Å². The van der Waals surface area contributed by atoms with Crippen molar-refractivity contribution in [1.29, 1.82) is 0 Å². The second kappa shape index (κ2) is 35.3. The fraction of sp³-hybridized carbons (Fsp3) is 0.837. The van der Waals surface area contributed by atoms with E-state index in [0.717, 1.165) is 70.6 Å². The topological polar surface area (TPSA) is 178 Å². The lowest BCUT2D eigenvalue weighted by Gasteiger charge is -2.41. The largest absolute Gasteiger partial charge is 0.457 e. The SMILES string of the molecule is CCCC/C=C\C/C=C\CCCCCCCC(=O)OC(COCCCCCCCC/C=C\CCCCCCC)COC1OC(CO)C(O)C(OS(=O)(=O)O)C1O. The Morgan fingerprint density at radius 2 is 1.20 bits per heavy atom. The van der Waals surface area contributed by atoms with E-state index in [1.165, 1.54) is 70.6 Å². The first kappa shape index (κ1) is 52.3. The van der Waals surface area contributed by atoms with Gasteiger partial charge in [0, 0.05) is 13.0 Å². The highest BCUT2D eigenvalue weighted by atomic mass is 32.3. The minimum atomic E-state index is -5.06. The average molecular weight is 819 g/mol. The Hall–Kier alpha value is -1.68. The van der Waals surface area contributed by atoms with E-state index in [-0.39, 0.29) is 19.6 Å². The van der Waals surface area contributed by atoms with Crippen LogP contribution in [0.3, 0.4) is 0 Å². The summed E-state index contributed by atoms with van der Waals surface area (Å²) in [6.45, 7) is 3.90. The second-order valence-corrected chi connectivity index (χ2v) is 16.0. The monoisotopic (exact) mass is 819 g/mol. The predicted molar refractivity (Wildman–Crippen MR) is 220 cm³/mol. The molecule has 6 atom stereocenters. The van der Waals surface area contributed by atoms with E-state index < -0.39 is 59.8 Å². The molecule has 1 saturated heterocycles. The molecule has 12 nitrogen and oxygen atoms in total. The third-order valence-corrected chi connectivity index (χ3v) is 10.2. The first-order chi connectivity index (χ1) is 27.1. The molecule has 1 aliphatic heterocycles. The molecule has 0 aromatic rings. The Morgan fingerprint density at radius 3 is 1.77 bits per heavy atom. The van der Waals surface area contributed by atoms with Gasteiger partial charge in [0.25, 0.3) is 0 Å². The van der Waals surface area contributed by atoms with Crippen molar-refractivity contribution in [1.82, 2.24) is 0 Å². The minimum absolute atomic E-state index is 0.0263. The molecule has 0 saturated carbocycles. The molecule has 0 amide bonds. The van der Waals surface area contributed by atoms with Crippen molar-refractivity contribution in [3.63, 3.8) is 0 Å². The second-order valence-electron chi connectivity index (χ2n) is 14.9. The summed E-state index contributed by atoms with van der Waals surface area (Å²) >= 11 is 0. The molecule has 0 aromatic heterocycles. The highest BCUT2D eigenvalue weighted by Crippen LogP contribution is 2.26. The fourth-order valence-electron chi connectivity index (χ4n) is 6.39. The minimum Gasteiger partial charge on any atom is -0.457 e. The standard InChI is InChI=1S/C43H78O12S/c1-3-5-7-9-11-13-15-17-19-21-23-25-27-29-31-33-51-35-37(36-52-43-41(47)42(55-56(48,49)50)40(46)38(34-44)54-43)53-39(45)32-30-28-26-24-22-20-18-16-14-12-10-8-6-4-2/h10,12,15-18,37-38,40-44,46-47H,3-9,11,13-14,19-36H2,1-2H3,(H,48,49,50)/b12-10-,17-15-,18-16-. The predicted octanol–water partition coefficient (Wildman–Crippen LogP) is 8.63. The van der Waals surface area contributed by atoms with Crippen LogP contribution in [0.5, 0.6) is 0 Å². The summed E-state index contributed by atoms with van der Waals surface area (Å²) in [7, 11) is -5.06. The van der Waals surface area contributed by atoms with E-state index in [2.05, 4.69) is 54.5 Å². The van der Waals surface area contributed by atoms with Gasteiger partial charge in [0.1, 0.15) is 30.5 Å². The zero-order valence-corrected chi connectivity index (χ0v) is 35.5. The molecule has 56 heavy (non-hydrogen) atoms. The summed E-state index contributed by atoms with van der Waals surface area (Å²) in [5.41, 5.74) is 0. The Balaban J connectivity index is 2.47. The summed E-state index contributed by atoms with van der Waals surface area (Å²) in [5, 5.41) is 30.6. The van der Waals surface area contributed by atoms with Gasteiger partial charge in [-0.2, -0.15) is 8.42 Å². The lowest BCUT2D eigenvalue weighted by atomic mass is 9.99. The molecule has 1 fully saturated rings. The molecule has 1 rings (SSSR count). The number of esters is 1. The van der Waals surface area contributed by atoms with Gasteiger partial charge in [-0.3, -0.25) is 9.35 Å². The smallest absolute Gasteiger partial charge is 0.397 e. The van der Waals surface area contributed by atoms with Crippen molar-refractivity contribution in [2.75, 3.05) is 26.4 Å². The average Bonchev–Trinajstić information content (AvgIpc) is 3.17. The number of carbonyl (C=O) groups excluding carboxylic acids is 1. The normalized spacial score (nSPS) is 21.1. The number of unbranched alkanes of at least 4 members (excludes halogenated alkanes) is 18. The maximum Gasteiger partial charge on any atom is 0.397 e. The molecule has 0 spiro atoms. The maximum absolute atomic E-state index is 12.8. The molecular formula is C43H78O12S. The molecular weight excluding hydrogens is 741 g/mol. The number of allylic oxidation sites excluding steroid dienone is 6. The number of aliphatic hydroxyl groups is 3. The Kier molecular flexibility index (Phi) is 33.0. The van der Waals surface area contributed by atoms with Crippen molar-refractivity contribution in [2.45, 2.75) is 205 Å². The number of carbonyl (C=O) groups is 1. The third kappa shape index (κ3) is 28.7. The summed E-state index contributed by atoms with van der Waals surface area (Å²) in [4.78, 5) is 12.8. The van der Waals surface area contributed by atoms with Crippen LogP contribution in [-0.4, -0.2) is 97.5 Å². The molecule has 0 aromatic carbocycles. The zero-order valence-electron chi connectivity index (χ0n) is 34.7. The van der Waals surface area contributed by atoms with Crippen molar-refractivity contribution in [3.05, 3.63) is 36.5 Å². The molecule has 1 heterocycles. The molecule has 0 aliphatic carbocycles. The van der Waals surface area contributed by atoms with E-state index in [1.54, 1.807) is 0 Å². The van der Waals surface area contributed by atoms with Crippen molar-refractivity contribution < 1.29 is 56.2 Å². The summed E-state index contributed by atoms with van der Waals surface area (Å²) < 4.78 is 58.9. The van der Waals surface area contributed by atoms with E-state index in [4.69, 9.17) is 23.5 Å². The summed E-state index contributed by atoms with van der Waals surface area (Å²) in [6, 6.07) is 0. The van der Waals surface area contributed by atoms with Crippen LogP contribution in [0, 0.1) is 0 Å². The van der Waals surface area contributed by atoms with Gasteiger partial charge in [-0.25, -0.2) is 4.18 Å². The van der Waals surface area contributed by atoms with Crippen LogP contribution in [0.2, 0.25) is 0 Å². The molecule has 1 aliphatic rings. The molecule has 0 radical (unpaired) electrons. The van der Waals surface area contributed by atoms with Gasteiger partial charge in [-0.15, -0.1) is 0 Å². The lowest BCUT2D eigenvalue weighted by molar-refractivity contribution is -0.301. The number of hydrogen-bond donors (Lipinski definition) is 4. The van der Waals surface area contributed by atoms with Gasteiger partial charge in [-0.05, 0) is 64.2 Å². The van der Waals surface area contributed by atoms with Crippen LogP contribution in [0.15, 0.2) is 36.5 Å². The molecule has 328 valence electrons. The molecule has 0 bridgehead atoms. The van der Waals surface area contributed by atoms with Gasteiger partial charge in [0.2, 0.25) is 0 Å². The van der Waals surface area contributed by atoms with Crippen LogP contribution in [-0.2, 0) is 38.3 Å². The van der Waals surface area contributed by atoms with E-state index in [9.17, 15) is 28.5 Å². The van der Waals surface area contributed by atoms with Gasteiger partial charge in [0.05, 0.1) is 19.8 Å². The van der Waals surface area contributed by atoms with Crippen LogP contribution in [0.25, 0.3) is 0 Å². The van der Waals surface area contributed by atoms with Gasteiger partial charge in [-0.1, -0.05) is 134 Å². The van der Waals surface area contributed by atoms with Gasteiger partial charge in [0.15, 0.2) is 6.29 Å². The zero-order chi connectivity index (χ0) is 41.1. The molecule has 6 unspecified atom stereocenters. The maximum atomic E-state index is 12.8. The number of rotatable bonds is 37. The van der Waals surface area contributed by atoms with E-state index in [0.29, 0.717) is 13.0 Å². The fourth-order valence-corrected chi connectivity index (χ4v) is 6.90. The van der Waals surface area contributed by atoms with Crippen LogP contribution < -0.4 is 0 Å². The number of ether oxygens (including phenoxy) is 4.